The summed E-state index contributed by atoms with van der Waals surface area (Å²) in [6.45, 7) is 4.71. The van der Waals surface area contributed by atoms with Crippen LogP contribution in [0.4, 0.5) is 0 Å². The first-order chi connectivity index (χ1) is 13.2. The number of amides is 1. The highest BCUT2D eigenvalue weighted by molar-refractivity contribution is 14.0. The molecule has 2 aliphatic rings. The Morgan fingerprint density at radius 2 is 2.14 bits per heavy atom. The monoisotopic (exact) mass is 501 g/mol. The number of aromatic nitrogens is 1. The quantitative estimate of drug-likeness (QED) is 0.356. The first-order valence-electron chi connectivity index (χ1n) is 10.0. The van der Waals surface area contributed by atoms with Gasteiger partial charge in [0, 0.05) is 50.4 Å². The molecule has 0 radical (unpaired) electrons. The number of aliphatic imine (C=N–C) groups is 1. The highest BCUT2D eigenvalue weighted by atomic mass is 127. The lowest BCUT2D eigenvalue weighted by molar-refractivity contribution is -0.134. The van der Waals surface area contributed by atoms with Crippen LogP contribution >= 0.6 is 24.0 Å². The van der Waals surface area contributed by atoms with Crippen LogP contribution in [0.15, 0.2) is 23.3 Å². The Hall–Kier alpha value is -1.58. The number of ether oxygens (including phenoxy) is 1. The van der Waals surface area contributed by atoms with Crippen molar-refractivity contribution in [2.45, 2.75) is 51.6 Å². The van der Waals surface area contributed by atoms with Crippen molar-refractivity contribution in [1.82, 2.24) is 20.5 Å². The second-order valence-electron chi connectivity index (χ2n) is 7.22. The van der Waals surface area contributed by atoms with Crippen molar-refractivity contribution in [3.05, 3.63) is 23.9 Å². The summed E-state index contributed by atoms with van der Waals surface area (Å²) in [5, 5.41) is 6.77. The van der Waals surface area contributed by atoms with Gasteiger partial charge in [-0.15, -0.1) is 24.0 Å². The number of likely N-dealkylation sites (tertiary alicyclic amines) is 1. The number of nitrogens with one attached hydrogen (secondary N) is 2. The third kappa shape index (κ3) is 5.96. The van der Waals surface area contributed by atoms with Gasteiger partial charge < -0.3 is 20.3 Å². The Morgan fingerprint density at radius 1 is 1.36 bits per heavy atom. The minimum absolute atomic E-state index is 0. The third-order valence-electron chi connectivity index (χ3n) is 5.35. The average molecular weight is 501 g/mol. The predicted molar refractivity (Wildman–Crippen MR) is 121 cm³/mol. The van der Waals surface area contributed by atoms with E-state index in [9.17, 15) is 4.79 Å². The summed E-state index contributed by atoms with van der Waals surface area (Å²) in [6, 6.07) is 4.14. The zero-order valence-electron chi connectivity index (χ0n) is 16.8. The molecule has 1 saturated carbocycles. The molecule has 1 aromatic heterocycles. The second kappa shape index (κ2) is 11.4. The molecule has 156 valence electrons. The molecule has 2 fully saturated rings. The number of pyridine rings is 1. The normalized spacial score (nSPS) is 20.0. The first-order valence-corrected chi connectivity index (χ1v) is 10.0. The standard InChI is InChI=1S/C20H31N5O2.HI/c1-3-27-18-16(9-6-11-22-18)13-23-20(21-2)24-17-10-12-25(14-17)19(26)15-7-4-5-8-15;/h6,9,11,15,17H,3-5,7-8,10,12-14H2,1-2H3,(H2,21,23,24);1H. The number of hydrogen-bond donors (Lipinski definition) is 2. The van der Waals surface area contributed by atoms with Crippen LogP contribution in [0.2, 0.25) is 0 Å². The molecule has 0 bridgehead atoms. The molecule has 0 aromatic carbocycles. The molecule has 1 saturated heterocycles. The fraction of sp³-hybridized carbons (Fsp3) is 0.650. The van der Waals surface area contributed by atoms with E-state index in [2.05, 4.69) is 20.6 Å². The summed E-state index contributed by atoms with van der Waals surface area (Å²) in [6.07, 6.45) is 7.20. The maximum atomic E-state index is 12.6. The van der Waals surface area contributed by atoms with E-state index >= 15 is 0 Å². The lowest BCUT2D eigenvalue weighted by atomic mass is 10.1. The minimum Gasteiger partial charge on any atom is -0.478 e. The number of halogens is 1. The van der Waals surface area contributed by atoms with Crippen molar-refractivity contribution in [2.75, 3.05) is 26.7 Å². The molecule has 2 N–H and O–H groups in total. The molecule has 1 amide bonds. The molecule has 7 nitrogen and oxygen atoms in total. The van der Waals surface area contributed by atoms with E-state index in [4.69, 9.17) is 4.74 Å². The Labute approximate surface area is 184 Å². The maximum Gasteiger partial charge on any atom is 0.225 e. The minimum atomic E-state index is 0. The van der Waals surface area contributed by atoms with Crippen LogP contribution in [-0.4, -0.2) is 54.5 Å². The van der Waals surface area contributed by atoms with Crippen LogP contribution in [0, 0.1) is 5.92 Å². The summed E-state index contributed by atoms with van der Waals surface area (Å²) in [5.41, 5.74) is 0.992. The zero-order chi connectivity index (χ0) is 19.1. The van der Waals surface area contributed by atoms with Gasteiger partial charge in [-0.05, 0) is 32.3 Å². The SMILES string of the molecule is CCOc1ncccc1CNC(=NC)NC1CCN(C(=O)C2CCCC2)C1.I. The van der Waals surface area contributed by atoms with Gasteiger partial charge in [0.05, 0.1) is 6.61 Å². The molecule has 1 atom stereocenters. The van der Waals surface area contributed by atoms with Crippen molar-refractivity contribution in [1.29, 1.82) is 0 Å². The van der Waals surface area contributed by atoms with Gasteiger partial charge in [-0.3, -0.25) is 9.79 Å². The van der Waals surface area contributed by atoms with E-state index in [0.717, 1.165) is 43.9 Å². The van der Waals surface area contributed by atoms with Crippen LogP contribution in [0.5, 0.6) is 5.88 Å². The van der Waals surface area contributed by atoms with Gasteiger partial charge in [0.2, 0.25) is 11.8 Å². The van der Waals surface area contributed by atoms with Crippen LogP contribution < -0.4 is 15.4 Å². The smallest absolute Gasteiger partial charge is 0.225 e. The van der Waals surface area contributed by atoms with Crippen LogP contribution in [0.3, 0.4) is 0 Å². The van der Waals surface area contributed by atoms with E-state index in [0.29, 0.717) is 24.9 Å². The van der Waals surface area contributed by atoms with Crippen molar-refractivity contribution in [3.8, 4) is 5.88 Å². The highest BCUT2D eigenvalue weighted by Crippen LogP contribution is 2.27. The van der Waals surface area contributed by atoms with Gasteiger partial charge in [0.15, 0.2) is 5.96 Å². The molecular weight excluding hydrogens is 469 g/mol. The summed E-state index contributed by atoms with van der Waals surface area (Å²) in [4.78, 5) is 23.2. The number of carbonyl (C=O) groups is 1. The van der Waals surface area contributed by atoms with Crippen LogP contribution in [0.1, 0.15) is 44.6 Å². The summed E-state index contributed by atoms with van der Waals surface area (Å²) >= 11 is 0. The topological polar surface area (TPSA) is 78.8 Å². The maximum absolute atomic E-state index is 12.6. The Kier molecular flexibility index (Phi) is 9.27. The number of nitrogens with zero attached hydrogens (tertiary/aromatic N) is 3. The Bertz CT molecular complexity index is 664. The second-order valence-corrected chi connectivity index (χ2v) is 7.22. The van der Waals surface area contributed by atoms with Gasteiger partial charge in [-0.2, -0.15) is 0 Å². The molecule has 3 rings (SSSR count). The average Bonchev–Trinajstić information content (AvgIpc) is 3.38. The van der Waals surface area contributed by atoms with Gasteiger partial charge in [0.25, 0.3) is 0 Å². The third-order valence-corrected chi connectivity index (χ3v) is 5.35. The zero-order valence-corrected chi connectivity index (χ0v) is 19.1. The lowest BCUT2D eigenvalue weighted by Crippen LogP contribution is -2.45. The fourth-order valence-electron chi connectivity index (χ4n) is 3.90. The van der Waals surface area contributed by atoms with E-state index in [1.807, 2.05) is 24.0 Å². The van der Waals surface area contributed by atoms with Gasteiger partial charge in [-0.1, -0.05) is 18.9 Å². The molecule has 2 heterocycles. The molecule has 0 spiro atoms. The largest absolute Gasteiger partial charge is 0.478 e. The molecule has 1 aliphatic heterocycles. The number of rotatable bonds is 6. The molecule has 1 aliphatic carbocycles. The Morgan fingerprint density at radius 3 is 2.86 bits per heavy atom. The van der Waals surface area contributed by atoms with Gasteiger partial charge in [-0.25, -0.2) is 4.98 Å². The van der Waals surface area contributed by atoms with Crippen molar-refractivity contribution in [2.24, 2.45) is 10.9 Å². The van der Waals surface area contributed by atoms with Crippen molar-refractivity contribution >= 4 is 35.8 Å². The molecule has 28 heavy (non-hydrogen) atoms. The van der Waals surface area contributed by atoms with Crippen molar-refractivity contribution in [3.63, 3.8) is 0 Å². The van der Waals surface area contributed by atoms with Gasteiger partial charge >= 0.3 is 0 Å². The Balaban J connectivity index is 0.00000280. The van der Waals surface area contributed by atoms with E-state index in [-0.39, 0.29) is 35.9 Å². The molecule has 1 aromatic rings. The summed E-state index contributed by atoms with van der Waals surface area (Å²) < 4.78 is 5.57. The van der Waals surface area contributed by atoms with E-state index in [1.165, 1.54) is 12.8 Å². The van der Waals surface area contributed by atoms with E-state index < -0.39 is 0 Å². The predicted octanol–water partition coefficient (Wildman–Crippen LogP) is 2.55. The van der Waals surface area contributed by atoms with E-state index in [1.54, 1.807) is 13.2 Å². The number of hydrogen-bond acceptors (Lipinski definition) is 4. The lowest BCUT2D eigenvalue weighted by Gasteiger charge is -2.21. The first kappa shape index (κ1) is 22.7. The summed E-state index contributed by atoms with van der Waals surface area (Å²) in [7, 11) is 1.76. The van der Waals surface area contributed by atoms with Crippen LogP contribution in [0.25, 0.3) is 0 Å². The summed E-state index contributed by atoms with van der Waals surface area (Å²) in [5.74, 6) is 1.99. The van der Waals surface area contributed by atoms with Crippen molar-refractivity contribution < 1.29 is 9.53 Å². The fourth-order valence-corrected chi connectivity index (χ4v) is 3.90. The van der Waals surface area contributed by atoms with Gasteiger partial charge in [0.1, 0.15) is 0 Å². The molecule has 8 heteroatoms. The molecule has 1 unspecified atom stereocenters. The highest BCUT2D eigenvalue weighted by Gasteiger charge is 2.32. The number of carbonyl (C=O) groups excluding carboxylic acids is 1. The van der Waals surface area contributed by atoms with Crippen LogP contribution in [-0.2, 0) is 11.3 Å². The molecular formula is C20H32IN5O2. The number of guanidine groups is 1.